The van der Waals surface area contributed by atoms with Crippen molar-refractivity contribution in [1.82, 2.24) is 14.9 Å². The van der Waals surface area contributed by atoms with Gasteiger partial charge in [-0.1, -0.05) is 7.43 Å². The number of aromatic nitrogens is 2. The van der Waals surface area contributed by atoms with E-state index in [9.17, 15) is 18.0 Å². The maximum atomic E-state index is 14.0. The van der Waals surface area contributed by atoms with Crippen LogP contribution in [0.1, 0.15) is 45.9 Å². The number of carbonyl (C=O) groups is 1. The van der Waals surface area contributed by atoms with E-state index in [0.717, 1.165) is 35.6 Å². The Morgan fingerprint density at radius 1 is 1.18 bits per heavy atom. The van der Waals surface area contributed by atoms with E-state index in [2.05, 4.69) is 15.3 Å². The molecule has 2 heterocycles. The molecule has 0 bridgehead atoms. The number of rotatable bonds is 3. The number of H-pyrrole nitrogens is 1. The van der Waals surface area contributed by atoms with Crippen LogP contribution in [-0.4, -0.2) is 39.7 Å². The highest BCUT2D eigenvalue weighted by molar-refractivity contribution is 5.84. The van der Waals surface area contributed by atoms with Crippen LogP contribution in [0.15, 0.2) is 24.3 Å². The van der Waals surface area contributed by atoms with Gasteiger partial charge in [-0.2, -0.15) is 0 Å². The number of benzene rings is 1. The van der Waals surface area contributed by atoms with Crippen molar-refractivity contribution in [3.63, 3.8) is 0 Å². The molecule has 1 aromatic carbocycles. The van der Waals surface area contributed by atoms with Crippen LogP contribution in [0.3, 0.4) is 0 Å². The first kappa shape index (κ1) is 24.4. The smallest absolute Gasteiger partial charge is 0.410 e. The lowest BCUT2D eigenvalue weighted by atomic mass is 9.91. The van der Waals surface area contributed by atoms with Crippen molar-refractivity contribution in [3.8, 4) is 0 Å². The number of pyridine rings is 1. The van der Waals surface area contributed by atoms with Crippen molar-refractivity contribution in [1.29, 1.82) is 0 Å². The summed E-state index contributed by atoms with van der Waals surface area (Å²) in [4.78, 5) is 21.9. The number of fused-ring (bicyclic) bond motifs is 3. The summed E-state index contributed by atoms with van der Waals surface area (Å²) in [7, 11) is 1.75. The van der Waals surface area contributed by atoms with Gasteiger partial charge >= 0.3 is 6.09 Å². The third kappa shape index (κ3) is 5.07. The minimum absolute atomic E-state index is 0. The lowest BCUT2D eigenvalue weighted by Gasteiger charge is -2.33. The second-order valence-electron chi connectivity index (χ2n) is 9.03. The van der Waals surface area contributed by atoms with Gasteiger partial charge in [-0.15, -0.1) is 0 Å². The molecule has 0 saturated heterocycles. The Bertz CT molecular complexity index is 1190. The quantitative estimate of drug-likeness (QED) is 0.463. The SMILES string of the molecule is C.CN(C(=O)OC(C)(C)C)C1CCc2[nH]c3nc(Nc4cc(F)c(F)cc4F)ccc3c2C1. The molecule has 1 amide bonds. The van der Waals surface area contributed by atoms with E-state index >= 15 is 0 Å². The molecule has 4 rings (SSSR count). The molecular weight excluding hydrogens is 433 g/mol. The van der Waals surface area contributed by atoms with Gasteiger partial charge in [0, 0.05) is 36.3 Å². The molecular formula is C24H29F3N4O2. The molecule has 1 aliphatic carbocycles. The molecule has 0 aliphatic heterocycles. The van der Waals surface area contributed by atoms with E-state index in [-0.39, 0.29) is 25.2 Å². The fraction of sp³-hybridized carbons (Fsp3) is 0.417. The molecule has 33 heavy (non-hydrogen) atoms. The zero-order chi connectivity index (χ0) is 23.2. The molecule has 1 atom stereocenters. The first-order chi connectivity index (χ1) is 15.0. The summed E-state index contributed by atoms with van der Waals surface area (Å²) in [6.45, 7) is 5.50. The molecule has 1 aliphatic rings. The highest BCUT2D eigenvalue weighted by Gasteiger charge is 2.30. The normalized spacial score (nSPS) is 15.5. The zero-order valence-corrected chi connectivity index (χ0v) is 18.4. The number of amides is 1. The molecule has 9 heteroatoms. The molecule has 0 fully saturated rings. The van der Waals surface area contributed by atoms with E-state index in [0.29, 0.717) is 24.0 Å². The Kier molecular flexibility index (Phi) is 6.63. The largest absolute Gasteiger partial charge is 0.444 e. The number of hydrogen-bond donors (Lipinski definition) is 2. The van der Waals surface area contributed by atoms with E-state index in [4.69, 9.17) is 4.74 Å². The Hall–Kier alpha value is -3.23. The lowest BCUT2D eigenvalue weighted by Crippen LogP contribution is -2.43. The number of ether oxygens (including phenoxy) is 1. The van der Waals surface area contributed by atoms with Gasteiger partial charge < -0.3 is 19.9 Å². The number of halogens is 3. The van der Waals surface area contributed by atoms with Gasteiger partial charge in [0.2, 0.25) is 0 Å². The van der Waals surface area contributed by atoms with E-state index in [1.54, 1.807) is 18.0 Å². The fourth-order valence-corrected chi connectivity index (χ4v) is 3.91. The Morgan fingerprint density at radius 3 is 2.58 bits per heavy atom. The summed E-state index contributed by atoms with van der Waals surface area (Å²) in [5.74, 6) is -3.02. The second-order valence-corrected chi connectivity index (χ2v) is 9.03. The lowest BCUT2D eigenvalue weighted by molar-refractivity contribution is 0.0210. The minimum atomic E-state index is -1.25. The van der Waals surface area contributed by atoms with Crippen LogP contribution in [0.25, 0.3) is 11.0 Å². The number of nitrogens with one attached hydrogen (secondary N) is 2. The molecule has 6 nitrogen and oxygen atoms in total. The average molecular weight is 463 g/mol. The summed E-state index contributed by atoms with van der Waals surface area (Å²) in [5.41, 5.74) is 1.95. The van der Waals surface area contributed by atoms with Crippen molar-refractivity contribution >= 4 is 28.6 Å². The second kappa shape index (κ2) is 8.96. The van der Waals surface area contributed by atoms with Crippen molar-refractivity contribution in [2.45, 2.75) is 59.1 Å². The number of aromatic amines is 1. The number of likely N-dealkylation sites (N-methyl/N-ethyl adjacent to an activating group) is 1. The number of anilines is 2. The highest BCUT2D eigenvalue weighted by atomic mass is 19.2. The standard InChI is InChI=1S/C23H25F3N4O2.CH4/c1-23(2,3)32-22(31)30(4)12-5-7-18-14(9-12)13-6-8-20(29-21(13)28-18)27-19-11-16(25)15(24)10-17(19)26;/h6,8,10-12H,5,7,9H2,1-4H3,(H2,27,28,29);1H4. The summed E-state index contributed by atoms with van der Waals surface area (Å²) < 4.78 is 46.1. The molecule has 3 aromatic rings. The number of carbonyl (C=O) groups excluding carboxylic acids is 1. The van der Waals surface area contributed by atoms with Crippen LogP contribution in [0.5, 0.6) is 0 Å². The number of aryl methyl sites for hydroxylation is 1. The molecule has 2 aromatic heterocycles. The fourth-order valence-electron chi connectivity index (χ4n) is 3.91. The number of nitrogens with zero attached hydrogens (tertiary/aromatic N) is 2. The van der Waals surface area contributed by atoms with E-state index < -0.39 is 23.1 Å². The predicted octanol–water partition coefficient (Wildman–Crippen LogP) is 6.08. The predicted molar refractivity (Wildman–Crippen MR) is 122 cm³/mol. The molecule has 0 spiro atoms. The van der Waals surface area contributed by atoms with Crippen LogP contribution >= 0.6 is 0 Å². The Balaban J connectivity index is 0.00000306. The summed E-state index contributed by atoms with van der Waals surface area (Å²) in [6, 6.07) is 4.73. The van der Waals surface area contributed by atoms with Crippen molar-refractivity contribution in [2.75, 3.05) is 12.4 Å². The van der Waals surface area contributed by atoms with Gasteiger partial charge in [-0.05, 0) is 57.7 Å². The first-order valence-electron chi connectivity index (χ1n) is 10.4. The van der Waals surface area contributed by atoms with Gasteiger partial charge in [-0.25, -0.2) is 22.9 Å². The zero-order valence-electron chi connectivity index (χ0n) is 18.4. The molecule has 0 radical (unpaired) electrons. The molecule has 2 N–H and O–H groups in total. The molecule has 1 unspecified atom stereocenters. The van der Waals surface area contributed by atoms with E-state index in [1.807, 2.05) is 26.8 Å². The van der Waals surface area contributed by atoms with Crippen LogP contribution in [0, 0.1) is 17.5 Å². The van der Waals surface area contributed by atoms with Gasteiger partial charge in [0.05, 0.1) is 5.69 Å². The van der Waals surface area contributed by atoms with Gasteiger partial charge in [0.1, 0.15) is 22.9 Å². The maximum absolute atomic E-state index is 14.0. The third-order valence-electron chi connectivity index (χ3n) is 5.52. The Morgan fingerprint density at radius 2 is 1.88 bits per heavy atom. The Labute approximate surface area is 191 Å². The summed E-state index contributed by atoms with van der Waals surface area (Å²) >= 11 is 0. The topological polar surface area (TPSA) is 70.2 Å². The van der Waals surface area contributed by atoms with Gasteiger partial charge in [-0.3, -0.25) is 0 Å². The molecule has 178 valence electrons. The van der Waals surface area contributed by atoms with Gasteiger partial charge in [0.15, 0.2) is 11.6 Å². The maximum Gasteiger partial charge on any atom is 0.410 e. The van der Waals surface area contributed by atoms with Crippen LogP contribution in [0.4, 0.5) is 29.5 Å². The summed E-state index contributed by atoms with van der Waals surface area (Å²) in [5, 5.41) is 3.60. The summed E-state index contributed by atoms with van der Waals surface area (Å²) in [6.07, 6.45) is 1.81. The number of hydrogen-bond acceptors (Lipinski definition) is 4. The van der Waals surface area contributed by atoms with Crippen LogP contribution in [-0.2, 0) is 17.6 Å². The van der Waals surface area contributed by atoms with Gasteiger partial charge in [0.25, 0.3) is 0 Å². The van der Waals surface area contributed by atoms with Crippen LogP contribution in [0.2, 0.25) is 0 Å². The monoisotopic (exact) mass is 462 g/mol. The first-order valence-corrected chi connectivity index (χ1v) is 10.4. The highest BCUT2D eigenvalue weighted by Crippen LogP contribution is 2.32. The van der Waals surface area contributed by atoms with Crippen molar-refractivity contribution in [3.05, 3.63) is 53.0 Å². The van der Waals surface area contributed by atoms with Crippen molar-refractivity contribution < 1.29 is 22.7 Å². The van der Waals surface area contributed by atoms with Crippen LogP contribution < -0.4 is 5.32 Å². The van der Waals surface area contributed by atoms with E-state index in [1.165, 1.54) is 0 Å². The average Bonchev–Trinajstić information content (AvgIpc) is 3.07. The molecule has 0 saturated carbocycles. The minimum Gasteiger partial charge on any atom is -0.444 e. The third-order valence-corrected chi connectivity index (χ3v) is 5.52. The van der Waals surface area contributed by atoms with Crippen molar-refractivity contribution in [2.24, 2.45) is 0 Å².